The van der Waals surface area contributed by atoms with Gasteiger partial charge in [-0.2, -0.15) is 0 Å². The predicted molar refractivity (Wildman–Crippen MR) is 117 cm³/mol. The maximum Gasteiger partial charge on any atom is 0.161 e. The van der Waals surface area contributed by atoms with Gasteiger partial charge in [0.15, 0.2) is 5.65 Å². The summed E-state index contributed by atoms with van der Waals surface area (Å²) in [5.74, 6) is 2.54. The number of aryl methyl sites for hydroxylation is 1. The number of pyridine rings is 1. The van der Waals surface area contributed by atoms with Crippen molar-refractivity contribution >= 4 is 38.7 Å². The van der Waals surface area contributed by atoms with Crippen molar-refractivity contribution < 1.29 is 4.74 Å². The second-order valence-corrected chi connectivity index (χ2v) is 8.73. The highest BCUT2D eigenvalue weighted by molar-refractivity contribution is 9.10. The van der Waals surface area contributed by atoms with Gasteiger partial charge in [0.05, 0.1) is 13.2 Å². The summed E-state index contributed by atoms with van der Waals surface area (Å²) < 4.78 is 8.97. The molecule has 148 valence electrons. The normalized spacial score (nSPS) is 15.2. The molecule has 2 aromatic heterocycles. The molecule has 1 saturated carbocycles. The smallest absolute Gasteiger partial charge is 0.161 e. The van der Waals surface area contributed by atoms with Gasteiger partial charge in [-0.25, -0.2) is 9.97 Å². The second-order valence-electron chi connectivity index (χ2n) is 7.51. The van der Waals surface area contributed by atoms with Crippen molar-refractivity contribution in [2.45, 2.75) is 52.0 Å². The summed E-state index contributed by atoms with van der Waals surface area (Å²) in [5.41, 5.74) is 2.82. The number of fused-ring (bicyclic) bond motifs is 1. The number of halogens is 2. The van der Waals surface area contributed by atoms with Gasteiger partial charge in [0, 0.05) is 11.4 Å². The molecule has 28 heavy (non-hydrogen) atoms. The fraction of sp³-hybridized carbons (Fsp3) is 0.455. The fourth-order valence-corrected chi connectivity index (χ4v) is 4.48. The average Bonchev–Trinajstić information content (AvgIpc) is 3.06. The Morgan fingerprint density at radius 1 is 1.14 bits per heavy atom. The van der Waals surface area contributed by atoms with Gasteiger partial charge in [0.25, 0.3) is 0 Å². The molecule has 1 aliphatic carbocycles. The molecule has 4 rings (SSSR count). The Kier molecular flexibility index (Phi) is 6.22. The lowest BCUT2D eigenvalue weighted by molar-refractivity contribution is 0.209. The Balaban J connectivity index is 1.52. The minimum Gasteiger partial charge on any atom is -0.493 e. The zero-order valence-electron chi connectivity index (χ0n) is 16.1. The van der Waals surface area contributed by atoms with Crippen LogP contribution in [-0.4, -0.2) is 21.1 Å². The molecular formula is C22H25BrClN3O. The van der Waals surface area contributed by atoms with Crippen molar-refractivity contribution in [1.82, 2.24) is 14.5 Å². The molecule has 0 aliphatic heterocycles. The molecule has 4 nitrogen and oxygen atoms in total. The molecule has 0 atom stereocenters. The predicted octanol–water partition coefficient (Wildman–Crippen LogP) is 6.42. The van der Waals surface area contributed by atoms with E-state index in [0.29, 0.717) is 12.5 Å². The molecule has 3 aromatic rings. The molecule has 0 unspecified atom stereocenters. The molecule has 1 aliphatic rings. The first-order valence-corrected chi connectivity index (χ1v) is 11.2. The lowest BCUT2D eigenvalue weighted by atomic mass is 9.90. The van der Waals surface area contributed by atoms with Crippen LogP contribution in [0.1, 0.15) is 50.4 Å². The van der Waals surface area contributed by atoms with Gasteiger partial charge < -0.3 is 9.30 Å². The van der Waals surface area contributed by atoms with Crippen LogP contribution in [0.5, 0.6) is 5.75 Å². The summed E-state index contributed by atoms with van der Waals surface area (Å²) in [6, 6.07) is 9.93. The summed E-state index contributed by atoms with van der Waals surface area (Å²) >= 11 is 10.1. The van der Waals surface area contributed by atoms with E-state index in [-0.39, 0.29) is 0 Å². The van der Waals surface area contributed by atoms with Crippen molar-refractivity contribution in [3.05, 3.63) is 51.3 Å². The number of ether oxygens (including phenoxy) is 1. The monoisotopic (exact) mass is 461 g/mol. The molecule has 0 saturated heterocycles. The number of hydrogen-bond donors (Lipinski definition) is 0. The van der Waals surface area contributed by atoms with Gasteiger partial charge in [0.1, 0.15) is 21.7 Å². The number of rotatable bonds is 6. The van der Waals surface area contributed by atoms with Gasteiger partial charge in [-0.05, 0) is 64.5 Å². The van der Waals surface area contributed by atoms with Crippen LogP contribution in [0.2, 0.25) is 5.02 Å². The van der Waals surface area contributed by atoms with Gasteiger partial charge in [-0.1, -0.05) is 43.9 Å². The molecule has 1 fully saturated rings. The van der Waals surface area contributed by atoms with Crippen LogP contribution in [0.15, 0.2) is 34.9 Å². The average molecular weight is 463 g/mol. The van der Waals surface area contributed by atoms with Crippen LogP contribution in [-0.2, 0) is 13.0 Å². The molecule has 0 radical (unpaired) electrons. The zero-order chi connectivity index (χ0) is 19.5. The Morgan fingerprint density at radius 2 is 1.96 bits per heavy atom. The molecule has 6 heteroatoms. The number of imidazole rings is 1. The number of nitrogens with zero attached hydrogens (tertiary/aromatic N) is 3. The first-order valence-electron chi connectivity index (χ1n) is 10.1. The van der Waals surface area contributed by atoms with Crippen LogP contribution < -0.4 is 4.74 Å². The number of aromatic nitrogens is 3. The SMILES string of the molecule is CCc1nc2ccc(Br)nc2n1Cc1ccc(OCC2CCCCC2)cc1Cl. The molecule has 0 bridgehead atoms. The van der Waals surface area contributed by atoms with Crippen molar-refractivity contribution in [2.24, 2.45) is 5.92 Å². The standard InChI is InChI=1S/C22H25BrClN3O/c1-2-21-25-19-10-11-20(23)26-22(19)27(21)13-16-8-9-17(12-18(16)24)28-14-15-6-4-3-5-7-15/h8-12,15H,2-7,13-14H2,1H3. The lowest BCUT2D eigenvalue weighted by Crippen LogP contribution is -2.15. The fourth-order valence-electron chi connectivity index (χ4n) is 3.95. The van der Waals surface area contributed by atoms with Crippen molar-refractivity contribution in [2.75, 3.05) is 6.61 Å². The highest BCUT2D eigenvalue weighted by Crippen LogP contribution is 2.28. The third-order valence-electron chi connectivity index (χ3n) is 5.52. The van der Waals surface area contributed by atoms with E-state index in [1.54, 1.807) is 0 Å². The van der Waals surface area contributed by atoms with Crippen molar-refractivity contribution in [1.29, 1.82) is 0 Å². The van der Waals surface area contributed by atoms with E-state index < -0.39 is 0 Å². The van der Waals surface area contributed by atoms with Gasteiger partial charge in [0.2, 0.25) is 0 Å². The largest absolute Gasteiger partial charge is 0.493 e. The van der Waals surface area contributed by atoms with E-state index in [9.17, 15) is 0 Å². The van der Waals surface area contributed by atoms with Gasteiger partial charge >= 0.3 is 0 Å². The van der Waals surface area contributed by atoms with Gasteiger partial charge in [-0.15, -0.1) is 0 Å². The van der Waals surface area contributed by atoms with Crippen LogP contribution in [0.25, 0.3) is 11.2 Å². The van der Waals surface area contributed by atoms with Crippen LogP contribution in [0.4, 0.5) is 0 Å². The van der Waals surface area contributed by atoms with E-state index >= 15 is 0 Å². The molecule has 1 aromatic carbocycles. The molecule has 0 amide bonds. The number of hydrogen-bond acceptors (Lipinski definition) is 3. The van der Waals surface area contributed by atoms with E-state index in [1.165, 1.54) is 32.1 Å². The Hall–Kier alpha value is -1.59. The maximum atomic E-state index is 6.60. The second kappa shape index (κ2) is 8.83. The Bertz CT molecular complexity index is 966. The third kappa shape index (κ3) is 4.36. The molecule has 2 heterocycles. The van der Waals surface area contributed by atoms with Crippen LogP contribution in [0, 0.1) is 5.92 Å². The highest BCUT2D eigenvalue weighted by Gasteiger charge is 2.16. The first-order chi connectivity index (χ1) is 13.6. The first kappa shape index (κ1) is 19.7. The summed E-state index contributed by atoms with van der Waals surface area (Å²) in [6.07, 6.45) is 7.43. The van der Waals surface area contributed by atoms with E-state index in [1.807, 2.05) is 24.3 Å². The lowest BCUT2D eigenvalue weighted by Gasteiger charge is -2.21. The zero-order valence-corrected chi connectivity index (χ0v) is 18.5. The van der Waals surface area contributed by atoms with Crippen molar-refractivity contribution in [3.63, 3.8) is 0 Å². The Labute approximate surface area is 179 Å². The van der Waals surface area contributed by atoms with E-state index in [0.717, 1.165) is 51.0 Å². The molecular weight excluding hydrogens is 438 g/mol. The minimum atomic E-state index is 0.644. The topological polar surface area (TPSA) is 39.9 Å². The summed E-state index contributed by atoms with van der Waals surface area (Å²) in [4.78, 5) is 9.33. The highest BCUT2D eigenvalue weighted by atomic mass is 79.9. The van der Waals surface area contributed by atoms with Gasteiger partial charge in [-0.3, -0.25) is 0 Å². The molecule has 0 spiro atoms. The Morgan fingerprint density at radius 3 is 2.71 bits per heavy atom. The van der Waals surface area contributed by atoms with E-state index in [4.69, 9.17) is 21.3 Å². The summed E-state index contributed by atoms with van der Waals surface area (Å²) in [6.45, 7) is 3.54. The third-order valence-corrected chi connectivity index (χ3v) is 6.31. The molecule has 0 N–H and O–H groups in total. The quantitative estimate of drug-likeness (QED) is 0.397. The number of benzene rings is 1. The summed E-state index contributed by atoms with van der Waals surface area (Å²) in [5, 5.41) is 0.722. The van der Waals surface area contributed by atoms with Crippen LogP contribution in [0.3, 0.4) is 0 Å². The minimum absolute atomic E-state index is 0.644. The van der Waals surface area contributed by atoms with Crippen LogP contribution >= 0.6 is 27.5 Å². The van der Waals surface area contributed by atoms with Crippen molar-refractivity contribution in [3.8, 4) is 5.75 Å². The summed E-state index contributed by atoms with van der Waals surface area (Å²) in [7, 11) is 0. The maximum absolute atomic E-state index is 6.60. The van der Waals surface area contributed by atoms with E-state index in [2.05, 4.69) is 38.5 Å².